The summed E-state index contributed by atoms with van der Waals surface area (Å²) in [5.74, 6) is 2.60. The summed E-state index contributed by atoms with van der Waals surface area (Å²) in [5.41, 5.74) is 0.498. The van der Waals surface area contributed by atoms with Gasteiger partial charge in [0, 0.05) is 34.7 Å². The molecule has 0 spiro atoms. The minimum absolute atomic E-state index is 0.0816. The monoisotopic (exact) mass is 445 g/mol. The van der Waals surface area contributed by atoms with Crippen molar-refractivity contribution >= 4 is 11.9 Å². The SMILES string of the molecule is CCC(CNc1ncnc(NC2CC(C)(C)NC(C)(C)C2)n1)C1CC(C)(C)NC(C)(C)C1. The number of aromatic nitrogens is 3. The maximum Gasteiger partial charge on any atom is 0.227 e. The van der Waals surface area contributed by atoms with Gasteiger partial charge in [-0.25, -0.2) is 9.97 Å². The molecule has 0 saturated carbocycles. The topological polar surface area (TPSA) is 86.8 Å². The van der Waals surface area contributed by atoms with Crippen LogP contribution in [0.5, 0.6) is 0 Å². The van der Waals surface area contributed by atoms with Gasteiger partial charge in [0.2, 0.25) is 11.9 Å². The fraction of sp³-hybridized carbons (Fsp3) is 0.880. The Morgan fingerprint density at radius 3 is 1.88 bits per heavy atom. The minimum atomic E-state index is 0.0816. The number of hydrogen-bond donors (Lipinski definition) is 4. The Morgan fingerprint density at radius 2 is 1.34 bits per heavy atom. The number of nitrogens with one attached hydrogen (secondary N) is 4. The summed E-state index contributed by atoms with van der Waals surface area (Å²) in [4.78, 5) is 13.5. The zero-order chi connectivity index (χ0) is 23.8. The van der Waals surface area contributed by atoms with Crippen LogP contribution in [0.3, 0.4) is 0 Å². The lowest BCUT2D eigenvalue weighted by Gasteiger charge is -2.48. The molecule has 1 atom stereocenters. The Hall–Kier alpha value is -1.47. The van der Waals surface area contributed by atoms with Gasteiger partial charge in [-0.1, -0.05) is 13.3 Å². The van der Waals surface area contributed by atoms with Crippen LogP contribution >= 0.6 is 0 Å². The molecule has 0 bridgehead atoms. The zero-order valence-corrected chi connectivity index (χ0v) is 21.9. The molecule has 4 N–H and O–H groups in total. The number of piperidine rings is 2. The van der Waals surface area contributed by atoms with Gasteiger partial charge in [-0.05, 0) is 92.9 Å². The minimum Gasteiger partial charge on any atom is -0.354 e. The number of hydrogen-bond acceptors (Lipinski definition) is 7. The Morgan fingerprint density at radius 1 is 0.844 bits per heavy atom. The molecular formula is C25H47N7. The van der Waals surface area contributed by atoms with Gasteiger partial charge in [-0.15, -0.1) is 0 Å². The van der Waals surface area contributed by atoms with E-state index in [9.17, 15) is 0 Å². The highest BCUT2D eigenvalue weighted by Crippen LogP contribution is 2.38. The molecule has 0 aromatic carbocycles. The van der Waals surface area contributed by atoms with Crippen molar-refractivity contribution < 1.29 is 0 Å². The first-order valence-electron chi connectivity index (χ1n) is 12.5. The molecule has 2 aliphatic rings. The molecule has 7 nitrogen and oxygen atoms in total. The van der Waals surface area contributed by atoms with E-state index in [1.165, 1.54) is 12.8 Å². The number of nitrogens with zero attached hydrogens (tertiary/aromatic N) is 3. The fourth-order valence-electron chi connectivity index (χ4n) is 6.66. The van der Waals surface area contributed by atoms with Crippen LogP contribution in [0.2, 0.25) is 0 Å². The molecule has 0 radical (unpaired) electrons. The second kappa shape index (κ2) is 9.05. The van der Waals surface area contributed by atoms with Crippen LogP contribution < -0.4 is 21.3 Å². The van der Waals surface area contributed by atoms with E-state index in [-0.39, 0.29) is 22.2 Å². The van der Waals surface area contributed by atoms with E-state index in [0.717, 1.165) is 25.8 Å². The highest BCUT2D eigenvalue weighted by molar-refractivity contribution is 5.34. The summed E-state index contributed by atoms with van der Waals surface area (Å²) in [5, 5.41) is 14.6. The largest absolute Gasteiger partial charge is 0.354 e. The van der Waals surface area contributed by atoms with Gasteiger partial charge in [-0.2, -0.15) is 4.98 Å². The van der Waals surface area contributed by atoms with Crippen molar-refractivity contribution in [3.8, 4) is 0 Å². The van der Waals surface area contributed by atoms with Crippen molar-refractivity contribution in [3.05, 3.63) is 6.33 Å². The molecule has 2 fully saturated rings. The smallest absolute Gasteiger partial charge is 0.227 e. The van der Waals surface area contributed by atoms with E-state index in [1.54, 1.807) is 6.33 Å². The van der Waals surface area contributed by atoms with Gasteiger partial charge in [0.25, 0.3) is 0 Å². The first-order valence-corrected chi connectivity index (χ1v) is 12.5. The van der Waals surface area contributed by atoms with Crippen molar-refractivity contribution in [2.75, 3.05) is 17.2 Å². The molecule has 2 aliphatic heterocycles. The first-order chi connectivity index (χ1) is 14.7. The molecule has 2 saturated heterocycles. The summed E-state index contributed by atoms with van der Waals surface area (Å²) in [6, 6.07) is 0.332. The zero-order valence-electron chi connectivity index (χ0n) is 21.9. The molecule has 1 aromatic heterocycles. The summed E-state index contributed by atoms with van der Waals surface area (Å²) < 4.78 is 0. The van der Waals surface area contributed by atoms with Crippen LogP contribution in [0, 0.1) is 11.8 Å². The van der Waals surface area contributed by atoms with E-state index < -0.39 is 0 Å². The number of rotatable bonds is 7. The molecule has 182 valence electrons. The first kappa shape index (κ1) is 25.2. The van der Waals surface area contributed by atoms with E-state index in [1.807, 2.05) is 0 Å². The molecule has 3 heterocycles. The molecule has 1 unspecified atom stereocenters. The van der Waals surface area contributed by atoms with E-state index in [0.29, 0.717) is 29.8 Å². The quantitative estimate of drug-likeness (QED) is 0.488. The van der Waals surface area contributed by atoms with Gasteiger partial charge in [0.05, 0.1) is 0 Å². The lowest BCUT2D eigenvalue weighted by atomic mass is 9.70. The standard InChI is InChI=1S/C25H47N7/c1-10-17(18-11-22(2,3)31-23(4,5)12-18)15-26-20-27-16-28-21(30-20)29-19-13-24(6,7)32-25(8,9)14-19/h16-19,31-32H,10-15H2,1-9H3,(H2,26,27,28,29,30). The fourth-order valence-corrected chi connectivity index (χ4v) is 6.66. The van der Waals surface area contributed by atoms with Crippen molar-refractivity contribution in [2.45, 2.75) is 123 Å². The van der Waals surface area contributed by atoms with Crippen LogP contribution in [0.25, 0.3) is 0 Å². The van der Waals surface area contributed by atoms with Gasteiger partial charge >= 0.3 is 0 Å². The Labute approximate surface area is 195 Å². The average Bonchev–Trinajstić information content (AvgIpc) is 2.57. The van der Waals surface area contributed by atoms with Crippen molar-refractivity contribution in [3.63, 3.8) is 0 Å². The summed E-state index contributed by atoms with van der Waals surface area (Å²) in [7, 11) is 0. The Kier molecular flexibility index (Phi) is 7.12. The summed E-state index contributed by atoms with van der Waals surface area (Å²) in [6.07, 6.45) is 7.23. The second-order valence-electron chi connectivity index (χ2n) is 12.9. The van der Waals surface area contributed by atoms with Crippen molar-refractivity contribution in [1.29, 1.82) is 0 Å². The second-order valence-corrected chi connectivity index (χ2v) is 12.9. The maximum absolute atomic E-state index is 4.69. The molecule has 0 amide bonds. The lowest BCUT2D eigenvalue weighted by Crippen LogP contribution is -2.60. The lowest BCUT2D eigenvalue weighted by molar-refractivity contribution is 0.0944. The third kappa shape index (κ3) is 7.01. The molecule has 7 heteroatoms. The van der Waals surface area contributed by atoms with Gasteiger partial charge < -0.3 is 21.3 Å². The third-order valence-corrected chi connectivity index (χ3v) is 7.03. The van der Waals surface area contributed by atoms with Crippen LogP contribution in [0.1, 0.15) is 94.4 Å². The summed E-state index contributed by atoms with van der Waals surface area (Å²) in [6.45, 7) is 21.5. The van der Waals surface area contributed by atoms with Crippen LogP contribution in [0.4, 0.5) is 11.9 Å². The highest BCUT2D eigenvalue weighted by atomic mass is 15.2. The predicted octanol–water partition coefficient (Wildman–Crippen LogP) is 4.59. The molecular weight excluding hydrogens is 398 g/mol. The average molecular weight is 446 g/mol. The maximum atomic E-state index is 4.69. The Balaban J connectivity index is 1.62. The van der Waals surface area contributed by atoms with Gasteiger partial charge in [0.15, 0.2) is 0 Å². The molecule has 1 aromatic rings. The normalized spacial score (nSPS) is 25.8. The van der Waals surface area contributed by atoms with Crippen LogP contribution in [-0.4, -0.2) is 49.7 Å². The van der Waals surface area contributed by atoms with E-state index in [4.69, 9.17) is 4.98 Å². The molecule has 32 heavy (non-hydrogen) atoms. The van der Waals surface area contributed by atoms with Crippen LogP contribution in [-0.2, 0) is 0 Å². The van der Waals surface area contributed by atoms with Crippen molar-refractivity contribution in [2.24, 2.45) is 11.8 Å². The van der Waals surface area contributed by atoms with Gasteiger partial charge in [-0.3, -0.25) is 0 Å². The third-order valence-electron chi connectivity index (χ3n) is 7.03. The highest BCUT2D eigenvalue weighted by Gasteiger charge is 2.40. The van der Waals surface area contributed by atoms with Crippen LogP contribution in [0.15, 0.2) is 6.33 Å². The van der Waals surface area contributed by atoms with E-state index in [2.05, 4.69) is 93.5 Å². The molecule has 0 aliphatic carbocycles. The van der Waals surface area contributed by atoms with Gasteiger partial charge in [0.1, 0.15) is 6.33 Å². The summed E-state index contributed by atoms with van der Waals surface area (Å²) >= 11 is 0. The van der Waals surface area contributed by atoms with E-state index >= 15 is 0 Å². The molecule has 3 rings (SSSR count). The Bertz CT molecular complexity index is 739. The predicted molar refractivity (Wildman–Crippen MR) is 134 cm³/mol. The number of anilines is 2. The van der Waals surface area contributed by atoms with Crippen molar-refractivity contribution in [1.82, 2.24) is 25.6 Å².